The number of amides is 4. The first-order valence-corrected chi connectivity index (χ1v) is 11.3. The Morgan fingerprint density at radius 2 is 1.75 bits per heavy atom. The Hall–Kier alpha value is -4.68. The third kappa shape index (κ3) is 4.26. The van der Waals surface area contributed by atoms with Crippen LogP contribution in [0.25, 0.3) is 11.1 Å². The fraction of sp³-hybridized carbons (Fsp3) is 0.185. The Balaban J connectivity index is 1.40. The van der Waals surface area contributed by atoms with Crippen molar-refractivity contribution in [3.63, 3.8) is 0 Å². The number of benzene rings is 2. The predicted molar refractivity (Wildman–Crippen MR) is 130 cm³/mol. The van der Waals surface area contributed by atoms with Crippen LogP contribution in [0.3, 0.4) is 0 Å². The molecule has 1 aromatic heterocycles. The maximum atomic E-state index is 13.3. The van der Waals surface area contributed by atoms with Crippen LogP contribution in [0.15, 0.2) is 67.0 Å². The number of hydrogen-bond donors (Lipinski definition) is 3. The molecule has 5 rings (SSSR count). The van der Waals surface area contributed by atoms with Crippen LogP contribution in [-0.4, -0.2) is 52.6 Å². The lowest BCUT2D eigenvalue weighted by Crippen LogP contribution is -2.52. The molecule has 2 aliphatic heterocycles. The van der Waals surface area contributed by atoms with E-state index in [1.807, 2.05) is 24.3 Å². The summed E-state index contributed by atoms with van der Waals surface area (Å²) in [6.07, 6.45) is 3.40. The fourth-order valence-electron chi connectivity index (χ4n) is 4.46. The van der Waals surface area contributed by atoms with Gasteiger partial charge in [0.2, 0.25) is 0 Å². The van der Waals surface area contributed by atoms with Gasteiger partial charge in [-0.15, -0.1) is 0 Å². The standard InChI is InChI=1S/C27H22N4O5/c32-13-1-2-14-36-22-8-5-20-16-31(24(33)23(20)15-22)17-27(25(34)29-26(35)30-27)21-6-3-18(4-7-21)19-9-11-28-12-10-19/h3-12,15,32H,13-14,16-17H2,(H2,29,30,34,35)/t27-/m0/s1. The van der Waals surface area contributed by atoms with Crippen molar-refractivity contribution in [3.8, 4) is 28.7 Å². The van der Waals surface area contributed by atoms with Gasteiger partial charge in [0, 0.05) is 24.5 Å². The third-order valence-electron chi connectivity index (χ3n) is 6.24. The molecule has 3 aromatic rings. The summed E-state index contributed by atoms with van der Waals surface area (Å²) in [5.74, 6) is 4.85. The summed E-state index contributed by atoms with van der Waals surface area (Å²) in [4.78, 5) is 44.1. The van der Waals surface area contributed by atoms with Crippen LogP contribution >= 0.6 is 0 Å². The number of nitrogens with one attached hydrogen (secondary N) is 2. The molecule has 9 heteroatoms. The van der Waals surface area contributed by atoms with Gasteiger partial charge in [-0.05, 0) is 46.5 Å². The number of aliphatic hydroxyl groups is 1. The minimum absolute atomic E-state index is 0.0368. The van der Waals surface area contributed by atoms with Crippen LogP contribution in [0.2, 0.25) is 0 Å². The monoisotopic (exact) mass is 482 g/mol. The molecule has 0 unspecified atom stereocenters. The number of carbonyl (C=O) groups is 3. The number of aromatic nitrogens is 1. The minimum atomic E-state index is -1.43. The van der Waals surface area contributed by atoms with Gasteiger partial charge in [0.05, 0.1) is 6.54 Å². The van der Waals surface area contributed by atoms with Crippen LogP contribution in [0.5, 0.6) is 5.75 Å². The third-order valence-corrected chi connectivity index (χ3v) is 6.24. The van der Waals surface area contributed by atoms with E-state index in [0.717, 1.165) is 16.7 Å². The second kappa shape index (κ2) is 9.52. The van der Waals surface area contributed by atoms with Crippen molar-refractivity contribution in [1.82, 2.24) is 20.5 Å². The van der Waals surface area contributed by atoms with E-state index in [-0.39, 0.29) is 25.7 Å². The van der Waals surface area contributed by atoms with Gasteiger partial charge in [-0.2, -0.15) is 0 Å². The molecule has 9 nitrogen and oxygen atoms in total. The normalized spacial score (nSPS) is 18.2. The highest BCUT2D eigenvalue weighted by Crippen LogP contribution is 2.33. The van der Waals surface area contributed by atoms with Crippen molar-refractivity contribution < 1.29 is 24.2 Å². The van der Waals surface area contributed by atoms with Crippen molar-refractivity contribution in [2.45, 2.75) is 12.1 Å². The van der Waals surface area contributed by atoms with E-state index in [0.29, 0.717) is 23.4 Å². The van der Waals surface area contributed by atoms with Crippen molar-refractivity contribution in [3.05, 3.63) is 83.7 Å². The number of aliphatic hydroxyl groups excluding tert-OH is 1. The Kier molecular flexibility index (Phi) is 6.10. The molecular weight excluding hydrogens is 460 g/mol. The second-order valence-electron chi connectivity index (χ2n) is 8.41. The zero-order valence-electron chi connectivity index (χ0n) is 19.2. The first-order valence-electron chi connectivity index (χ1n) is 11.3. The van der Waals surface area contributed by atoms with Gasteiger partial charge in [-0.25, -0.2) is 4.79 Å². The summed E-state index contributed by atoms with van der Waals surface area (Å²) in [5, 5.41) is 13.8. The summed E-state index contributed by atoms with van der Waals surface area (Å²) in [6, 6.07) is 15.6. The van der Waals surface area contributed by atoms with Crippen LogP contribution in [0, 0.1) is 11.8 Å². The zero-order chi connectivity index (χ0) is 25.1. The molecule has 4 amide bonds. The Labute approximate surface area is 207 Å². The molecule has 0 aliphatic carbocycles. The number of ether oxygens (including phenoxy) is 1. The molecule has 3 N–H and O–H groups in total. The minimum Gasteiger partial charge on any atom is -0.481 e. The van der Waals surface area contributed by atoms with Crippen molar-refractivity contribution >= 4 is 17.8 Å². The molecule has 0 radical (unpaired) electrons. The van der Waals surface area contributed by atoms with Gasteiger partial charge in [0.25, 0.3) is 11.8 Å². The van der Waals surface area contributed by atoms with Crippen molar-refractivity contribution in [1.29, 1.82) is 0 Å². The molecule has 1 saturated heterocycles. The Morgan fingerprint density at radius 1 is 1.00 bits per heavy atom. The summed E-state index contributed by atoms with van der Waals surface area (Å²) >= 11 is 0. The van der Waals surface area contributed by atoms with E-state index >= 15 is 0 Å². The average molecular weight is 482 g/mol. The molecular formula is C27H22N4O5. The van der Waals surface area contributed by atoms with Crippen molar-refractivity contribution in [2.75, 3.05) is 19.8 Å². The van der Waals surface area contributed by atoms with E-state index < -0.39 is 17.5 Å². The summed E-state index contributed by atoms with van der Waals surface area (Å²) in [5.41, 5.74) is 2.30. The Morgan fingerprint density at radius 3 is 2.44 bits per heavy atom. The van der Waals surface area contributed by atoms with Gasteiger partial charge in [0.15, 0.2) is 5.54 Å². The Bertz CT molecular complexity index is 1400. The molecule has 0 saturated carbocycles. The molecule has 1 fully saturated rings. The lowest BCUT2D eigenvalue weighted by atomic mass is 9.88. The fourth-order valence-corrected chi connectivity index (χ4v) is 4.46. The van der Waals surface area contributed by atoms with Crippen LogP contribution in [-0.2, 0) is 16.9 Å². The van der Waals surface area contributed by atoms with Gasteiger partial charge >= 0.3 is 6.03 Å². The summed E-state index contributed by atoms with van der Waals surface area (Å²) in [6.45, 7) is 0.0883. The molecule has 0 bridgehead atoms. The molecule has 0 spiro atoms. The van der Waals surface area contributed by atoms with Crippen LogP contribution in [0.1, 0.15) is 21.5 Å². The number of fused-ring (bicyclic) bond motifs is 1. The summed E-state index contributed by atoms with van der Waals surface area (Å²) < 4.78 is 5.54. The van der Waals surface area contributed by atoms with E-state index in [4.69, 9.17) is 9.84 Å². The van der Waals surface area contributed by atoms with E-state index in [1.54, 1.807) is 47.6 Å². The molecule has 36 heavy (non-hydrogen) atoms. The number of rotatable bonds is 6. The second-order valence-corrected chi connectivity index (χ2v) is 8.41. The highest BCUT2D eigenvalue weighted by Gasteiger charge is 2.50. The SMILES string of the molecule is O=C1NC(=O)[C@](CN2Cc3ccc(OCC#CCO)cc3C2=O)(c2ccc(-c3ccncc3)cc2)N1. The molecule has 2 aliphatic rings. The molecule has 180 valence electrons. The number of hydrogen-bond acceptors (Lipinski definition) is 6. The van der Waals surface area contributed by atoms with Crippen molar-refractivity contribution in [2.24, 2.45) is 0 Å². The predicted octanol–water partition coefficient (Wildman–Crippen LogP) is 1.81. The number of pyridine rings is 1. The maximum absolute atomic E-state index is 13.3. The smallest absolute Gasteiger partial charge is 0.322 e. The topological polar surface area (TPSA) is 121 Å². The number of imide groups is 1. The first-order chi connectivity index (χ1) is 17.5. The van der Waals surface area contributed by atoms with E-state index in [2.05, 4.69) is 27.5 Å². The average Bonchev–Trinajstić information content (AvgIpc) is 3.37. The summed E-state index contributed by atoms with van der Waals surface area (Å²) in [7, 11) is 0. The molecule has 1 atom stereocenters. The van der Waals surface area contributed by atoms with Gasteiger partial charge in [-0.3, -0.25) is 19.9 Å². The van der Waals surface area contributed by atoms with Gasteiger partial charge in [0.1, 0.15) is 19.0 Å². The zero-order valence-corrected chi connectivity index (χ0v) is 19.2. The van der Waals surface area contributed by atoms with E-state index in [1.165, 1.54) is 0 Å². The number of carbonyl (C=O) groups excluding carboxylic acids is 3. The van der Waals surface area contributed by atoms with E-state index in [9.17, 15) is 14.4 Å². The number of nitrogens with zero attached hydrogens (tertiary/aromatic N) is 2. The molecule has 3 heterocycles. The maximum Gasteiger partial charge on any atom is 0.322 e. The largest absolute Gasteiger partial charge is 0.481 e. The van der Waals surface area contributed by atoms with Crippen LogP contribution < -0.4 is 15.4 Å². The lowest BCUT2D eigenvalue weighted by molar-refractivity contribution is -0.124. The first kappa shape index (κ1) is 23.1. The lowest BCUT2D eigenvalue weighted by Gasteiger charge is -2.31. The highest BCUT2D eigenvalue weighted by molar-refractivity contribution is 6.08. The van der Waals surface area contributed by atoms with Crippen LogP contribution in [0.4, 0.5) is 4.79 Å². The quantitative estimate of drug-likeness (QED) is 0.364. The molecule has 2 aromatic carbocycles. The number of urea groups is 1. The van der Waals surface area contributed by atoms with Gasteiger partial charge in [-0.1, -0.05) is 42.2 Å². The van der Waals surface area contributed by atoms with Gasteiger partial charge < -0.3 is 20.1 Å². The highest BCUT2D eigenvalue weighted by atomic mass is 16.5.